The van der Waals surface area contributed by atoms with Gasteiger partial charge >= 0.3 is 0 Å². The van der Waals surface area contributed by atoms with Gasteiger partial charge in [0.1, 0.15) is 5.66 Å². The van der Waals surface area contributed by atoms with Crippen LogP contribution in [-0.4, -0.2) is 31.8 Å². The average molecular weight is 463 g/mol. The monoisotopic (exact) mass is 462 g/mol. The summed E-state index contributed by atoms with van der Waals surface area (Å²) in [6.07, 6.45) is 11.6. The topological polar surface area (TPSA) is 50.8 Å². The number of rotatable bonds is 11. The molecule has 1 fully saturated rings. The highest BCUT2D eigenvalue weighted by Gasteiger charge is 2.59. The lowest BCUT2D eigenvalue weighted by Crippen LogP contribution is -2.58. The summed E-state index contributed by atoms with van der Waals surface area (Å²) in [6, 6.07) is 14.4. The van der Waals surface area contributed by atoms with Crippen molar-refractivity contribution >= 4 is 17.7 Å². The van der Waals surface area contributed by atoms with E-state index in [4.69, 9.17) is 9.47 Å². The molecule has 2 aromatic rings. The quantitative estimate of drug-likeness (QED) is 0.412. The molecule has 0 aliphatic carbocycles. The highest BCUT2D eigenvalue weighted by molar-refractivity contribution is 5.91. The summed E-state index contributed by atoms with van der Waals surface area (Å²) in [4.78, 5) is 14.7. The lowest BCUT2D eigenvalue weighted by molar-refractivity contribution is -0.118. The van der Waals surface area contributed by atoms with Gasteiger partial charge in [-0.15, -0.1) is 0 Å². The molecular formula is C29H38N2O3. The number of hydrogen-bond acceptors (Lipinski definition) is 4. The highest BCUT2D eigenvalue weighted by atomic mass is 16.5. The Labute approximate surface area is 204 Å². The maximum absolute atomic E-state index is 12.5. The fourth-order valence-corrected chi connectivity index (χ4v) is 5.33. The molecule has 0 radical (unpaired) electrons. The first-order chi connectivity index (χ1) is 16.4. The van der Waals surface area contributed by atoms with Crippen LogP contribution < -0.4 is 19.7 Å². The number of carbonyl (C=O) groups excluding carboxylic acids is 1. The molecule has 0 unspecified atom stereocenters. The van der Waals surface area contributed by atoms with Gasteiger partial charge in [0.05, 0.1) is 20.3 Å². The number of fused-ring (bicyclic) bond motifs is 3. The van der Waals surface area contributed by atoms with Gasteiger partial charge in [0, 0.05) is 11.1 Å². The number of carbonyl (C=O) groups is 1. The Morgan fingerprint density at radius 2 is 1.79 bits per heavy atom. The van der Waals surface area contributed by atoms with E-state index in [1.54, 1.807) is 7.11 Å². The standard InChI is InChI=1S/C29H38N2O3/c1-5-6-7-8-9-12-19-34-25-16-15-22(20-26(25)33-4)17-18-29-28(2,3)23-13-10-11-14-24(23)31(29)21-27(32)30-29/h10-11,13-18,20H,5-9,12,19,21H2,1-4H3,(H,30,32)/t29-/m0/s1. The van der Waals surface area contributed by atoms with Crippen molar-refractivity contribution in [3.8, 4) is 11.5 Å². The molecule has 0 aromatic heterocycles. The van der Waals surface area contributed by atoms with Crippen molar-refractivity contribution < 1.29 is 14.3 Å². The summed E-state index contributed by atoms with van der Waals surface area (Å²) in [7, 11) is 1.68. The van der Waals surface area contributed by atoms with Crippen LogP contribution in [0.2, 0.25) is 0 Å². The fraction of sp³-hybridized carbons (Fsp3) is 0.483. The minimum absolute atomic E-state index is 0.0447. The molecule has 1 N–H and O–H groups in total. The molecule has 182 valence electrons. The maximum Gasteiger partial charge on any atom is 0.241 e. The molecule has 5 nitrogen and oxygen atoms in total. The number of ether oxygens (including phenoxy) is 2. The van der Waals surface area contributed by atoms with Crippen molar-refractivity contribution in [3.63, 3.8) is 0 Å². The average Bonchev–Trinajstić information content (AvgIpc) is 3.27. The summed E-state index contributed by atoms with van der Waals surface area (Å²) in [5.41, 5.74) is 2.48. The number of unbranched alkanes of at least 4 members (excludes halogenated alkanes) is 5. The number of anilines is 1. The van der Waals surface area contributed by atoms with Gasteiger partial charge in [-0.1, -0.05) is 83.2 Å². The molecule has 0 spiro atoms. The summed E-state index contributed by atoms with van der Waals surface area (Å²) >= 11 is 0. The van der Waals surface area contributed by atoms with Gasteiger partial charge in [-0.25, -0.2) is 0 Å². The number of hydrogen-bond donors (Lipinski definition) is 1. The lowest BCUT2D eigenvalue weighted by Gasteiger charge is -2.40. The Bertz CT molecular complexity index is 1050. The Kier molecular flexibility index (Phi) is 7.20. The number of nitrogens with one attached hydrogen (secondary N) is 1. The number of para-hydroxylation sites is 1. The Hall–Kier alpha value is -2.95. The van der Waals surface area contributed by atoms with E-state index in [1.165, 1.54) is 37.7 Å². The Balaban J connectivity index is 1.48. The van der Waals surface area contributed by atoms with E-state index < -0.39 is 5.66 Å². The van der Waals surface area contributed by atoms with E-state index >= 15 is 0 Å². The van der Waals surface area contributed by atoms with E-state index in [1.807, 2.05) is 24.3 Å². The number of amides is 1. The first-order valence-corrected chi connectivity index (χ1v) is 12.6. The molecule has 1 amide bonds. The zero-order chi connectivity index (χ0) is 24.2. The van der Waals surface area contributed by atoms with Crippen molar-refractivity contribution in [1.82, 2.24) is 5.32 Å². The van der Waals surface area contributed by atoms with Crippen LogP contribution in [0.25, 0.3) is 6.08 Å². The molecule has 0 bridgehead atoms. The smallest absolute Gasteiger partial charge is 0.241 e. The van der Waals surface area contributed by atoms with Gasteiger partial charge in [0.2, 0.25) is 5.91 Å². The minimum atomic E-state index is -0.603. The van der Waals surface area contributed by atoms with Gasteiger partial charge in [0.15, 0.2) is 11.5 Å². The van der Waals surface area contributed by atoms with Crippen LogP contribution in [0, 0.1) is 0 Å². The minimum Gasteiger partial charge on any atom is -0.493 e. The Morgan fingerprint density at radius 1 is 1.03 bits per heavy atom. The molecule has 4 rings (SSSR count). The highest BCUT2D eigenvalue weighted by Crippen LogP contribution is 2.52. The first-order valence-electron chi connectivity index (χ1n) is 12.6. The van der Waals surface area contributed by atoms with Crippen LogP contribution in [0.4, 0.5) is 5.69 Å². The van der Waals surface area contributed by atoms with E-state index in [0.717, 1.165) is 29.2 Å². The zero-order valence-electron chi connectivity index (χ0n) is 21.0. The summed E-state index contributed by atoms with van der Waals surface area (Å²) in [5, 5.41) is 3.27. The molecular weight excluding hydrogens is 424 g/mol. The van der Waals surface area contributed by atoms with Crippen molar-refractivity contribution in [2.75, 3.05) is 25.2 Å². The van der Waals surface area contributed by atoms with E-state index in [0.29, 0.717) is 13.2 Å². The van der Waals surface area contributed by atoms with Gasteiger partial charge in [0.25, 0.3) is 0 Å². The summed E-state index contributed by atoms with van der Waals surface area (Å²) < 4.78 is 11.6. The first kappa shape index (κ1) is 24.2. The number of benzene rings is 2. The van der Waals surface area contributed by atoms with E-state index in [-0.39, 0.29) is 11.3 Å². The SMILES string of the molecule is CCCCCCCCOc1ccc(C=C[C@]23NC(=O)CN2c2ccccc2C3(C)C)cc1OC. The van der Waals surface area contributed by atoms with Gasteiger partial charge < -0.3 is 19.7 Å². The lowest BCUT2D eigenvalue weighted by atomic mass is 9.75. The predicted molar refractivity (Wildman–Crippen MR) is 139 cm³/mol. The van der Waals surface area contributed by atoms with Gasteiger partial charge in [-0.3, -0.25) is 4.79 Å². The van der Waals surface area contributed by atoms with Crippen LogP contribution in [0.5, 0.6) is 11.5 Å². The third-order valence-electron chi connectivity index (χ3n) is 7.34. The normalized spacial score (nSPS) is 20.4. The third kappa shape index (κ3) is 4.40. The van der Waals surface area contributed by atoms with Crippen LogP contribution in [0.15, 0.2) is 48.5 Å². The summed E-state index contributed by atoms with van der Waals surface area (Å²) in [6.45, 7) is 7.69. The number of methoxy groups -OCH3 is 1. The second kappa shape index (κ2) is 10.1. The van der Waals surface area contributed by atoms with Crippen molar-refractivity contribution in [2.45, 2.75) is 70.4 Å². The van der Waals surface area contributed by atoms with Crippen molar-refractivity contribution in [1.29, 1.82) is 0 Å². The second-order valence-electron chi connectivity index (χ2n) is 9.90. The van der Waals surface area contributed by atoms with Crippen LogP contribution in [0.3, 0.4) is 0 Å². The van der Waals surface area contributed by atoms with Crippen LogP contribution in [0.1, 0.15) is 70.4 Å². The Morgan fingerprint density at radius 3 is 2.59 bits per heavy atom. The second-order valence-corrected chi connectivity index (χ2v) is 9.90. The van der Waals surface area contributed by atoms with Crippen LogP contribution >= 0.6 is 0 Å². The van der Waals surface area contributed by atoms with Gasteiger partial charge in [-0.05, 0) is 41.8 Å². The molecule has 2 aliphatic heterocycles. The van der Waals surface area contributed by atoms with Crippen molar-refractivity contribution in [3.05, 3.63) is 59.7 Å². The largest absolute Gasteiger partial charge is 0.493 e. The maximum atomic E-state index is 12.5. The van der Waals surface area contributed by atoms with E-state index in [9.17, 15) is 4.79 Å². The van der Waals surface area contributed by atoms with E-state index in [2.05, 4.69) is 61.3 Å². The number of nitrogens with zero attached hydrogens (tertiary/aromatic N) is 1. The van der Waals surface area contributed by atoms with Gasteiger partial charge in [-0.2, -0.15) is 0 Å². The molecule has 5 heteroatoms. The summed E-state index contributed by atoms with van der Waals surface area (Å²) in [5.74, 6) is 1.55. The van der Waals surface area contributed by atoms with Crippen LogP contribution in [-0.2, 0) is 10.2 Å². The molecule has 2 heterocycles. The fourth-order valence-electron chi connectivity index (χ4n) is 5.33. The molecule has 2 aromatic carbocycles. The predicted octanol–water partition coefficient (Wildman–Crippen LogP) is 6.07. The molecule has 0 saturated carbocycles. The molecule has 34 heavy (non-hydrogen) atoms. The molecule has 1 atom stereocenters. The third-order valence-corrected chi connectivity index (χ3v) is 7.34. The molecule has 1 saturated heterocycles. The van der Waals surface area contributed by atoms with Crippen molar-refractivity contribution in [2.24, 2.45) is 0 Å². The zero-order valence-corrected chi connectivity index (χ0v) is 21.0. The molecule has 2 aliphatic rings.